The summed E-state index contributed by atoms with van der Waals surface area (Å²) >= 11 is 2.46. The van der Waals surface area contributed by atoms with Crippen molar-refractivity contribution in [3.05, 3.63) is 58.5 Å². The Kier molecular flexibility index (Phi) is 5.28. The Morgan fingerprint density at radius 3 is 2.59 bits per heavy atom. The van der Waals surface area contributed by atoms with E-state index in [4.69, 9.17) is 16.2 Å². The summed E-state index contributed by atoms with van der Waals surface area (Å²) in [5, 5.41) is 13.6. The molecule has 34 heavy (non-hydrogen) atoms. The molecule has 0 radical (unpaired) electrons. The van der Waals surface area contributed by atoms with Gasteiger partial charge in [-0.2, -0.15) is 5.26 Å². The zero-order valence-corrected chi connectivity index (χ0v) is 19.8. The molecule has 10 heteroatoms. The molecule has 0 aliphatic carbocycles. The maximum atomic E-state index is 13.2. The maximum absolute atomic E-state index is 13.2. The third kappa shape index (κ3) is 3.57. The Balaban J connectivity index is 1.60. The summed E-state index contributed by atoms with van der Waals surface area (Å²) in [7, 11) is 1.60. The van der Waals surface area contributed by atoms with Crippen molar-refractivity contribution in [3.63, 3.8) is 0 Å². The Morgan fingerprint density at radius 2 is 1.88 bits per heavy atom. The fourth-order valence-electron chi connectivity index (χ4n) is 3.70. The number of thiophene rings is 1. The van der Waals surface area contributed by atoms with Crippen molar-refractivity contribution in [2.45, 2.75) is 6.92 Å². The summed E-state index contributed by atoms with van der Waals surface area (Å²) in [6, 6.07) is 15.3. The van der Waals surface area contributed by atoms with E-state index in [0.29, 0.717) is 26.7 Å². The van der Waals surface area contributed by atoms with Gasteiger partial charge in [-0.3, -0.25) is 10.1 Å². The standard InChI is InChI=1S/C24H18N6O2S2/c1-11-3-5-12(6-4-11)17-14(10-25)21(27)29-23-18(17)19(26)20(34-23)22(31)30-24-28-15-8-7-13(32-2)9-16(15)33-24/h3-9H,26H2,1-2H3,(H2,27,29)(H,28,30,31). The molecule has 2 aromatic carbocycles. The molecule has 0 spiro atoms. The lowest BCUT2D eigenvalue weighted by atomic mass is 9.96. The number of methoxy groups -OCH3 is 1. The molecular weight excluding hydrogens is 468 g/mol. The number of nitrogens with one attached hydrogen (secondary N) is 1. The monoisotopic (exact) mass is 486 g/mol. The predicted octanol–water partition coefficient (Wildman–Crippen LogP) is 5.18. The van der Waals surface area contributed by atoms with Crippen molar-refractivity contribution >= 4 is 65.7 Å². The number of carbonyl (C=O) groups excluding carboxylic acids is 1. The topological polar surface area (TPSA) is 140 Å². The smallest absolute Gasteiger partial charge is 0.269 e. The molecule has 0 aliphatic rings. The molecule has 168 valence electrons. The van der Waals surface area contributed by atoms with Crippen LogP contribution in [0.15, 0.2) is 42.5 Å². The number of hydrogen-bond donors (Lipinski definition) is 3. The summed E-state index contributed by atoms with van der Waals surface area (Å²) in [5.74, 6) is 0.403. The molecule has 0 saturated heterocycles. The number of hydrogen-bond acceptors (Lipinski definition) is 9. The predicted molar refractivity (Wildman–Crippen MR) is 137 cm³/mol. The fraction of sp³-hybridized carbons (Fsp3) is 0.0833. The van der Waals surface area contributed by atoms with Gasteiger partial charge in [-0.05, 0) is 30.7 Å². The van der Waals surface area contributed by atoms with Crippen LogP contribution in [0.3, 0.4) is 0 Å². The summed E-state index contributed by atoms with van der Waals surface area (Å²) in [4.78, 5) is 22.8. The minimum Gasteiger partial charge on any atom is -0.497 e. The number of nitriles is 1. The second kappa shape index (κ2) is 8.30. The summed E-state index contributed by atoms with van der Waals surface area (Å²) in [6.45, 7) is 1.98. The highest BCUT2D eigenvalue weighted by molar-refractivity contribution is 7.23. The molecule has 1 amide bonds. The number of anilines is 3. The van der Waals surface area contributed by atoms with E-state index in [1.54, 1.807) is 7.11 Å². The molecule has 0 bridgehead atoms. The van der Waals surface area contributed by atoms with E-state index < -0.39 is 5.91 Å². The van der Waals surface area contributed by atoms with Crippen molar-refractivity contribution in [2.24, 2.45) is 0 Å². The summed E-state index contributed by atoms with van der Waals surface area (Å²) in [5.41, 5.74) is 16.2. The highest BCUT2D eigenvalue weighted by atomic mass is 32.1. The molecule has 0 unspecified atom stereocenters. The molecule has 5 rings (SSSR count). The van der Waals surface area contributed by atoms with Gasteiger partial charge in [-0.15, -0.1) is 11.3 Å². The Morgan fingerprint density at radius 1 is 1.12 bits per heavy atom. The molecule has 0 saturated carbocycles. The van der Waals surface area contributed by atoms with Crippen LogP contribution in [-0.2, 0) is 0 Å². The van der Waals surface area contributed by atoms with E-state index >= 15 is 0 Å². The third-order valence-electron chi connectivity index (χ3n) is 5.38. The number of carbonyl (C=O) groups is 1. The molecule has 5 aromatic rings. The van der Waals surface area contributed by atoms with Crippen LogP contribution in [0.25, 0.3) is 31.6 Å². The number of fused-ring (bicyclic) bond motifs is 2. The lowest BCUT2D eigenvalue weighted by Crippen LogP contribution is -2.11. The average Bonchev–Trinajstić information content (AvgIpc) is 3.38. The zero-order chi connectivity index (χ0) is 24.0. The van der Waals surface area contributed by atoms with E-state index in [-0.39, 0.29) is 21.9 Å². The first-order chi connectivity index (χ1) is 16.4. The first-order valence-corrected chi connectivity index (χ1v) is 11.8. The van der Waals surface area contributed by atoms with Gasteiger partial charge in [-0.25, -0.2) is 9.97 Å². The van der Waals surface area contributed by atoms with Crippen molar-refractivity contribution < 1.29 is 9.53 Å². The molecule has 8 nitrogen and oxygen atoms in total. The first-order valence-electron chi connectivity index (χ1n) is 10.1. The second-order valence-corrected chi connectivity index (χ2v) is 9.59. The van der Waals surface area contributed by atoms with Crippen LogP contribution in [0.4, 0.5) is 16.6 Å². The van der Waals surface area contributed by atoms with Gasteiger partial charge in [0, 0.05) is 10.9 Å². The fourth-order valence-corrected chi connectivity index (χ4v) is 5.60. The van der Waals surface area contributed by atoms with E-state index in [2.05, 4.69) is 21.4 Å². The van der Waals surface area contributed by atoms with Crippen molar-refractivity contribution in [1.82, 2.24) is 9.97 Å². The number of rotatable bonds is 4. The van der Waals surface area contributed by atoms with Gasteiger partial charge in [0.1, 0.15) is 32.9 Å². The van der Waals surface area contributed by atoms with Crippen LogP contribution >= 0.6 is 22.7 Å². The Hall–Kier alpha value is -4.20. The van der Waals surface area contributed by atoms with E-state index in [0.717, 1.165) is 32.7 Å². The maximum Gasteiger partial charge on any atom is 0.269 e. The number of nitrogen functional groups attached to an aromatic ring is 2. The number of pyridine rings is 1. The van der Waals surface area contributed by atoms with E-state index in [1.165, 1.54) is 11.3 Å². The lowest BCUT2D eigenvalue weighted by Gasteiger charge is -2.10. The van der Waals surface area contributed by atoms with E-state index in [1.807, 2.05) is 49.4 Å². The van der Waals surface area contributed by atoms with Crippen LogP contribution < -0.4 is 21.5 Å². The first kappa shape index (κ1) is 21.6. The van der Waals surface area contributed by atoms with Gasteiger partial charge in [0.2, 0.25) is 0 Å². The van der Waals surface area contributed by atoms with Gasteiger partial charge in [0.05, 0.1) is 23.0 Å². The summed E-state index contributed by atoms with van der Waals surface area (Å²) in [6.07, 6.45) is 0. The molecule has 0 atom stereocenters. The zero-order valence-electron chi connectivity index (χ0n) is 18.2. The SMILES string of the molecule is COc1ccc2nc(NC(=O)c3sc4nc(N)c(C#N)c(-c5ccc(C)cc5)c4c3N)sc2c1. The van der Waals surface area contributed by atoms with Gasteiger partial charge in [0.15, 0.2) is 5.13 Å². The van der Waals surface area contributed by atoms with Crippen LogP contribution in [-0.4, -0.2) is 23.0 Å². The number of nitrogens with two attached hydrogens (primary N) is 2. The molecule has 3 heterocycles. The minimum absolute atomic E-state index is 0.0962. The van der Waals surface area contributed by atoms with Gasteiger partial charge < -0.3 is 16.2 Å². The van der Waals surface area contributed by atoms with Crippen molar-refractivity contribution in [1.29, 1.82) is 5.26 Å². The van der Waals surface area contributed by atoms with Crippen LogP contribution in [0, 0.1) is 18.3 Å². The number of aromatic nitrogens is 2. The largest absolute Gasteiger partial charge is 0.497 e. The number of ether oxygens (including phenoxy) is 1. The molecular formula is C24H18N6O2S2. The highest BCUT2D eigenvalue weighted by Gasteiger charge is 2.25. The number of aryl methyl sites for hydroxylation is 1. The quantitative estimate of drug-likeness (QED) is 0.318. The third-order valence-corrected chi connectivity index (χ3v) is 7.41. The van der Waals surface area contributed by atoms with Gasteiger partial charge >= 0.3 is 0 Å². The highest BCUT2D eigenvalue weighted by Crippen LogP contribution is 2.43. The molecule has 0 fully saturated rings. The minimum atomic E-state index is -0.404. The molecule has 0 aliphatic heterocycles. The van der Waals surface area contributed by atoms with Crippen LogP contribution in [0.2, 0.25) is 0 Å². The van der Waals surface area contributed by atoms with Crippen molar-refractivity contribution in [3.8, 4) is 22.9 Å². The number of thiazole rings is 1. The number of amides is 1. The lowest BCUT2D eigenvalue weighted by molar-refractivity contribution is 0.103. The van der Waals surface area contributed by atoms with Crippen LogP contribution in [0.1, 0.15) is 20.8 Å². The van der Waals surface area contributed by atoms with Crippen molar-refractivity contribution in [2.75, 3.05) is 23.9 Å². The molecule has 5 N–H and O–H groups in total. The normalized spacial score (nSPS) is 11.0. The Labute approximate surface area is 202 Å². The van der Waals surface area contributed by atoms with E-state index in [9.17, 15) is 10.1 Å². The second-order valence-electron chi connectivity index (χ2n) is 7.56. The van der Waals surface area contributed by atoms with Gasteiger partial charge in [0.25, 0.3) is 5.91 Å². The average molecular weight is 487 g/mol. The van der Waals surface area contributed by atoms with Gasteiger partial charge in [-0.1, -0.05) is 41.2 Å². The molecule has 3 aromatic heterocycles. The van der Waals surface area contributed by atoms with Crippen LogP contribution in [0.5, 0.6) is 5.75 Å². The number of nitrogens with zero attached hydrogens (tertiary/aromatic N) is 3. The summed E-state index contributed by atoms with van der Waals surface area (Å²) < 4.78 is 6.13. The Bertz CT molecular complexity index is 1630. The number of benzene rings is 2.